The summed E-state index contributed by atoms with van der Waals surface area (Å²) in [6, 6.07) is 10.6. The molecule has 0 spiro atoms. The van der Waals surface area contributed by atoms with Gasteiger partial charge >= 0.3 is 5.97 Å². The van der Waals surface area contributed by atoms with Gasteiger partial charge in [0.1, 0.15) is 11.9 Å². The average molecular weight is 373 g/mol. The SMILES string of the molecule is COc1cccc(C(c2ccccc2F)N2CCCCC2C(=O)O)c1OC. The first kappa shape index (κ1) is 19.2. The molecule has 27 heavy (non-hydrogen) atoms. The second-order valence-corrected chi connectivity index (χ2v) is 6.59. The summed E-state index contributed by atoms with van der Waals surface area (Å²) in [5.41, 5.74) is 1.12. The lowest BCUT2D eigenvalue weighted by atomic mass is 9.90. The number of halogens is 1. The quantitative estimate of drug-likeness (QED) is 0.833. The summed E-state index contributed by atoms with van der Waals surface area (Å²) >= 11 is 0. The van der Waals surface area contributed by atoms with E-state index in [-0.39, 0.29) is 5.82 Å². The van der Waals surface area contributed by atoms with Gasteiger partial charge in [0.15, 0.2) is 11.5 Å². The summed E-state index contributed by atoms with van der Waals surface area (Å²) < 4.78 is 25.8. The number of ether oxygens (including phenoxy) is 2. The van der Waals surface area contributed by atoms with E-state index in [1.807, 2.05) is 17.0 Å². The third-order valence-electron chi connectivity index (χ3n) is 5.09. The van der Waals surface area contributed by atoms with Crippen LogP contribution in [0.25, 0.3) is 0 Å². The smallest absolute Gasteiger partial charge is 0.320 e. The average Bonchev–Trinajstić information content (AvgIpc) is 2.69. The zero-order chi connectivity index (χ0) is 19.4. The molecule has 2 aromatic carbocycles. The summed E-state index contributed by atoms with van der Waals surface area (Å²) in [6.45, 7) is 0.566. The lowest BCUT2D eigenvalue weighted by Crippen LogP contribution is -2.47. The third-order valence-corrected chi connectivity index (χ3v) is 5.09. The normalized spacial score (nSPS) is 18.7. The van der Waals surface area contributed by atoms with Gasteiger partial charge in [-0.3, -0.25) is 9.69 Å². The Morgan fingerprint density at radius 3 is 2.52 bits per heavy atom. The molecule has 3 rings (SSSR count). The first-order valence-corrected chi connectivity index (χ1v) is 9.02. The molecule has 0 saturated carbocycles. The number of para-hydroxylation sites is 1. The van der Waals surface area contributed by atoms with E-state index >= 15 is 0 Å². The number of rotatable bonds is 6. The molecule has 2 unspecified atom stereocenters. The fourth-order valence-corrected chi connectivity index (χ4v) is 3.88. The van der Waals surface area contributed by atoms with E-state index in [0.717, 1.165) is 12.8 Å². The van der Waals surface area contributed by atoms with Crippen molar-refractivity contribution in [1.82, 2.24) is 4.90 Å². The van der Waals surface area contributed by atoms with Crippen LogP contribution in [0.1, 0.15) is 36.4 Å². The number of benzene rings is 2. The number of carboxylic acids is 1. The number of methoxy groups -OCH3 is 2. The van der Waals surface area contributed by atoms with Crippen LogP contribution in [-0.2, 0) is 4.79 Å². The van der Waals surface area contributed by atoms with Crippen molar-refractivity contribution >= 4 is 5.97 Å². The Bertz CT molecular complexity index is 811. The summed E-state index contributed by atoms with van der Waals surface area (Å²) in [5, 5.41) is 9.76. The van der Waals surface area contributed by atoms with Gasteiger partial charge in [-0.2, -0.15) is 0 Å². The number of nitrogens with zero attached hydrogens (tertiary/aromatic N) is 1. The first-order valence-electron chi connectivity index (χ1n) is 9.02. The van der Waals surface area contributed by atoms with E-state index < -0.39 is 18.1 Å². The molecule has 0 radical (unpaired) electrons. The van der Waals surface area contributed by atoms with Gasteiger partial charge in [0.05, 0.1) is 20.3 Å². The maximum Gasteiger partial charge on any atom is 0.320 e. The van der Waals surface area contributed by atoms with Gasteiger partial charge in [-0.05, 0) is 31.5 Å². The van der Waals surface area contributed by atoms with Gasteiger partial charge in [-0.1, -0.05) is 36.8 Å². The van der Waals surface area contributed by atoms with Crippen molar-refractivity contribution < 1.29 is 23.8 Å². The Labute approximate surface area is 158 Å². The maximum absolute atomic E-state index is 14.8. The van der Waals surface area contributed by atoms with Crippen LogP contribution in [0.4, 0.5) is 4.39 Å². The van der Waals surface area contributed by atoms with E-state index in [9.17, 15) is 14.3 Å². The zero-order valence-electron chi connectivity index (χ0n) is 15.5. The molecule has 0 amide bonds. The van der Waals surface area contributed by atoms with Gasteiger partial charge < -0.3 is 14.6 Å². The van der Waals surface area contributed by atoms with Gasteiger partial charge in [0, 0.05) is 11.1 Å². The fourth-order valence-electron chi connectivity index (χ4n) is 3.88. The van der Waals surface area contributed by atoms with Crippen molar-refractivity contribution in [1.29, 1.82) is 0 Å². The lowest BCUT2D eigenvalue weighted by molar-refractivity contribution is -0.145. The molecule has 2 aromatic rings. The molecule has 1 saturated heterocycles. The van der Waals surface area contributed by atoms with E-state index in [2.05, 4.69) is 0 Å². The molecule has 1 heterocycles. The predicted octanol–water partition coefficient (Wildman–Crippen LogP) is 3.87. The highest BCUT2D eigenvalue weighted by Gasteiger charge is 2.37. The fraction of sp³-hybridized carbons (Fsp3) is 0.381. The van der Waals surface area contributed by atoms with Crippen LogP contribution in [0.3, 0.4) is 0 Å². The molecule has 1 aliphatic heterocycles. The summed E-state index contributed by atoms with van der Waals surface area (Å²) in [5.74, 6) is -0.247. The molecule has 2 atom stereocenters. The largest absolute Gasteiger partial charge is 0.493 e. The standard InChI is InChI=1S/C21H24FNO4/c1-26-18-12-7-9-15(20(18)27-2)19(14-8-3-4-10-16(14)22)23-13-6-5-11-17(23)21(24)25/h3-4,7-10,12,17,19H,5-6,11,13H2,1-2H3,(H,24,25). The predicted molar refractivity (Wildman–Crippen MR) is 99.8 cm³/mol. The van der Waals surface area contributed by atoms with E-state index in [4.69, 9.17) is 9.47 Å². The number of hydrogen-bond donors (Lipinski definition) is 1. The monoisotopic (exact) mass is 373 g/mol. The van der Waals surface area contributed by atoms with Gasteiger partial charge in [-0.25, -0.2) is 4.39 Å². The number of piperidine rings is 1. The van der Waals surface area contributed by atoms with E-state index in [1.165, 1.54) is 13.2 Å². The topological polar surface area (TPSA) is 59.0 Å². The molecule has 6 heteroatoms. The third kappa shape index (κ3) is 3.76. The zero-order valence-corrected chi connectivity index (χ0v) is 15.5. The Hall–Kier alpha value is -2.60. The minimum atomic E-state index is -0.891. The first-order chi connectivity index (χ1) is 13.1. The van der Waals surface area contributed by atoms with Crippen molar-refractivity contribution in [2.45, 2.75) is 31.3 Å². The summed E-state index contributed by atoms with van der Waals surface area (Å²) in [4.78, 5) is 13.8. The van der Waals surface area contributed by atoms with Crippen molar-refractivity contribution in [3.63, 3.8) is 0 Å². The molecule has 1 aliphatic rings. The Morgan fingerprint density at radius 1 is 1.11 bits per heavy atom. The second-order valence-electron chi connectivity index (χ2n) is 6.59. The second kappa shape index (κ2) is 8.39. The Balaban J connectivity index is 2.20. The number of hydrogen-bond acceptors (Lipinski definition) is 4. The van der Waals surface area contributed by atoms with Crippen LogP contribution in [0.5, 0.6) is 11.5 Å². The van der Waals surface area contributed by atoms with Crippen molar-refractivity contribution in [2.75, 3.05) is 20.8 Å². The van der Waals surface area contributed by atoms with E-state index in [0.29, 0.717) is 35.6 Å². The van der Waals surface area contributed by atoms with Crippen LogP contribution in [0, 0.1) is 5.82 Å². The van der Waals surface area contributed by atoms with Crippen LogP contribution in [0.15, 0.2) is 42.5 Å². The van der Waals surface area contributed by atoms with Crippen molar-refractivity contribution in [2.24, 2.45) is 0 Å². The lowest BCUT2D eigenvalue weighted by Gasteiger charge is -2.40. The summed E-state index contributed by atoms with van der Waals surface area (Å²) in [7, 11) is 3.07. The van der Waals surface area contributed by atoms with Crippen LogP contribution < -0.4 is 9.47 Å². The van der Waals surface area contributed by atoms with Gasteiger partial charge in [-0.15, -0.1) is 0 Å². The molecule has 0 aliphatic carbocycles. The van der Waals surface area contributed by atoms with Crippen LogP contribution in [0.2, 0.25) is 0 Å². The highest BCUT2D eigenvalue weighted by atomic mass is 19.1. The maximum atomic E-state index is 14.8. The highest BCUT2D eigenvalue weighted by Crippen LogP contribution is 2.42. The highest BCUT2D eigenvalue weighted by molar-refractivity contribution is 5.74. The number of carboxylic acid groups (broad SMARTS) is 1. The van der Waals surface area contributed by atoms with E-state index in [1.54, 1.807) is 31.4 Å². The number of aliphatic carboxylic acids is 1. The number of carbonyl (C=O) groups is 1. The molecule has 5 nitrogen and oxygen atoms in total. The Morgan fingerprint density at radius 2 is 1.85 bits per heavy atom. The molecular formula is C21H24FNO4. The molecule has 0 aromatic heterocycles. The summed E-state index contributed by atoms with van der Waals surface area (Å²) in [6.07, 6.45) is 2.24. The van der Waals surface area contributed by atoms with Crippen molar-refractivity contribution in [3.05, 3.63) is 59.4 Å². The van der Waals surface area contributed by atoms with Crippen molar-refractivity contribution in [3.8, 4) is 11.5 Å². The Kier molecular flexibility index (Phi) is 5.96. The minimum absolute atomic E-state index is 0.373. The van der Waals surface area contributed by atoms with Crippen LogP contribution >= 0.6 is 0 Å². The van der Waals surface area contributed by atoms with Crippen LogP contribution in [-0.4, -0.2) is 42.8 Å². The molecule has 144 valence electrons. The van der Waals surface area contributed by atoms with Gasteiger partial charge in [0.2, 0.25) is 0 Å². The molecule has 1 fully saturated rings. The number of likely N-dealkylation sites (tertiary alicyclic amines) is 1. The van der Waals surface area contributed by atoms with Gasteiger partial charge in [0.25, 0.3) is 0 Å². The minimum Gasteiger partial charge on any atom is -0.493 e. The molecule has 0 bridgehead atoms. The molecule has 1 N–H and O–H groups in total. The molecular weight excluding hydrogens is 349 g/mol.